The Balaban J connectivity index is 2.90. The molecule has 0 N–H and O–H groups in total. The average molecular weight is 235 g/mol. The fourth-order valence-electron chi connectivity index (χ4n) is 0.489. The fourth-order valence-corrected chi connectivity index (χ4v) is 0.709. The van der Waals surface area contributed by atoms with Gasteiger partial charge in [0.2, 0.25) is 0 Å². The molecular formula is C8H12I. The third-order valence-electron chi connectivity index (χ3n) is 0.973. The molecule has 0 saturated heterocycles. The highest BCUT2D eigenvalue weighted by Gasteiger charge is 1.79. The normalized spacial score (nSPS) is 8.22. The number of hydrogen-bond donors (Lipinski definition) is 0. The molecule has 0 spiro atoms. The molecule has 9 heavy (non-hydrogen) atoms. The molecule has 1 heteroatoms. The van der Waals surface area contributed by atoms with Crippen molar-refractivity contribution in [3.63, 3.8) is 0 Å². The maximum atomic E-state index is 2.99. The number of halogens is 1. The summed E-state index contributed by atoms with van der Waals surface area (Å²) in [6.07, 6.45) is 5.75. The van der Waals surface area contributed by atoms with Crippen molar-refractivity contribution in [2.75, 3.05) is 4.43 Å². The first-order valence-electron chi connectivity index (χ1n) is 3.27. The smallest absolute Gasteiger partial charge is 0.0609 e. The van der Waals surface area contributed by atoms with Crippen molar-refractivity contribution >= 4 is 22.6 Å². The van der Waals surface area contributed by atoms with Gasteiger partial charge in [-0.15, -0.1) is 0 Å². The first-order valence-corrected chi connectivity index (χ1v) is 4.80. The molecule has 1 radical (unpaired) electrons. The summed E-state index contributed by atoms with van der Waals surface area (Å²) in [6.45, 7) is 2.19. The van der Waals surface area contributed by atoms with Crippen molar-refractivity contribution in [2.45, 2.75) is 26.2 Å². The van der Waals surface area contributed by atoms with Gasteiger partial charge in [0.05, 0.1) is 4.43 Å². The number of alkyl halides is 1. The van der Waals surface area contributed by atoms with Crippen LogP contribution >= 0.6 is 22.6 Å². The Labute approximate surface area is 71.6 Å². The van der Waals surface area contributed by atoms with E-state index in [0.29, 0.717) is 0 Å². The van der Waals surface area contributed by atoms with E-state index in [2.05, 4.69) is 47.8 Å². The van der Waals surface area contributed by atoms with Gasteiger partial charge in [-0.2, -0.15) is 0 Å². The first kappa shape index (κ1) is 9.29. The van der Waals surface area contributed by atoms with Gasteiger partial charge in [0.1, 0.15) is 0 Å². The SMILES string of the molecule is CCCC[CH]C#CCI. The van der Waals surface area contributed by atoms with E-state index in [1.54, 1.807) is 0 Å². The van der Waals surface area contributed by atoms with Crippen LogP contribution in [0.4, 0.5) is 0 Å². The zero-order valence-corrected chi connectivity index (χ0v) is 7.94. The van der Waals surface area contributed by atoms with Gasteiger partial charge in [0.25, 0.3) is 0 Å². The quantitative estimate of drug-likeness (QED) is 0.305. The Hall–Kier alpha value is 0.290. The lowest BCUT2D eigenvalue weighted by atomic mass is 10.2. The molecular weight excluding hydrogens is 223 g/mol. The van der Waals surface area contributed by atoms with Crippen LogP contribution in [0.15, 0.2) is 0 Å². The lowest BCUT2D eigenvalue weighted by Gasteiger charge is -1.86. The number of hydrogen-bond acceptors (Lipinski definition) is 0. The van der Waals surface area contributed by atoms with Gasteiger partial charge >= 0.3 is 0 Å². The van der Waals surface area contributed by atoms with Gasteiger partial charge in [-0.05, 0) is 6.42 Å². The van der Waals surface area contributed by atoms with Crippen molar-refractivity contribution in [3.05, 3.63) is 6.42 Å². The van der Waals surface area contributed by atoms with E-state index in [0.717, 1.165) is 10.8 Å². The van der Waals surface area contributed by atoms with Crippen LogP contribution in [-0.4, -0.2) is 4.43 Å². The van der Waals surface area contributed by atoms with Gasteiger partial charge in [-0.1, -0.05) is 54.2 Å². The van der Waals surface area contributed by atoms with Crippen LogP contribution in [0.3, 0.4) is 0 Å². The third kappa shape index (κ3) is 8.29. The standard InChI is InChI=1S/C8H12I/c1-2-3-4-5-6-7-8-9/h5H,2-4,8H2,1H3. The molecule has 0 unspecified atom stereocenters. The largest absolute Gasteiger partial charge is 0.0978 e. The summed E-state index contributed by atoms with van der Waals surface area (Å²) in [5.74, 6) is 5.98. The third-order valence-corrected chi connectivity index (χ3v) is 1.35. The summed E-state index contributed by atoms with van der Waals surface area (Å²) in [5.41, 5.74) is 0. The van der Waals surface area contributed by atoms with Crippen molar-refractivity contribution in [1.82, 2.24) is 0 Å². The number of unbranched alkanes of at least 4 members (excludes halogenated alkanes) is 3. The van der Waals surface area contributed by atoms with Crippen molar-refractivity contribution in [2.24, 2.45) is 0 Å². The summed E-state index contributed by atoms with van der Waals surface area (Å²) >= 11 is 2.25. The molecule has 0 nitrogen and oxygen atoms in total. The highest BCUT2D eigenvalue weighted by molar-refractivity contribution is 14.1. The minimum absolute atomic E-state index is 0.945. The lowest BCUT2D eigenvalue weighted by Crippen LogP contribution is -1.72. The zero-order valence-electron chi connectivity index (χ0n) is 5.78. The summed E-state index contributed by atoms with van der Waals surface area (Å²) in [5, 5.41) is 0. The van der Waals surface area contributed by atoms with Gasteiger partial charge in [0, 0.05) is 6.42 Å². The number of rotatable bonds is 3. The van der Waals surface area contributed by atoms with Crippen molar-refractivity contribution in [1.29, 1.82) is 0 Å². The molecule has 0 aliphatic carbocycles. The second kappa shape index (κ2) is 8.29. The molecule has 0 heterocycles. The Morgan fingerprint density at radius 1 is 1.56 bits per heavy atom. The Bertz CT molecular complexity index is 96.9. The highest BCUT2D eigenvalue weighted by atomic mass is 127. The Morgan fingerprint density at radius 3 is 2.89 bits per heavy atom. The predicted octanol–water partition coefficient (Wildman–Crippen LogP) is 2.82. The maximum Gasteiger partial charge on any atom is 0.0609 e. The summed E-state index contributed by atoms with van der Waals surface area (Å²) in [4.78, 5) is 0. The van der Waals surface area contributed by atoms with Crippen LogP contribution in [0.25, 0.3) is 0 Å². The van der Waals surface area contributed by atoms with Crippen LogP contribution in [0.2, 0.25) is 0 Å². The predicted molar refractivity (Wildman–Crippen MR) is 50.5 cm³/mol. The Morgan fingerprint density at radius 2 is 2.33 bits per heavy atom. The molecule has 51 valence electrons. The molecule has 0 rings (SSSR count). The summed E-state index contributed by atoms with van der Waals surface area (Å²) < 4.78 is 0.945. The van der Waals surface area contributed by atoms with Crippen LogP contribution in [0, 0.1) is 18.3 Å². The van der Waals surface area contributed by atoms with Gasteiger partial charge < -0.3 is 0 Å². The summed E-state index contributed by atoms with van der Waals surface area (Å²) in [6, 6.07) is 0. The second-order valence-corrected chi connectivity index (χ2v) is 2.56. The van der Waals surface area contributed by atoms with E-state index in [1.807, 2.05) is 0 Å². The van der Waals surface area contributed by atoms with E-state index >= 15 is 0 Å². The van der Waals surface area contributed by atoms with E-state index in [4.69, 9.17) is 0 Å². The van der Waals surface area contributed by atoms with Gasteiger partial charge in [-0.3, -0.25) is 0 Å². The molecule has 0 saturated carbocycles. The molecule has 0 bridgehead atoms. The van der Waals surface area contributed by atoms with E-state index in [-0.39, 0.29) is 0 Å². The topological polar surface area (TPSA) is 0 Å². The molecule has 0 aromatic carbocycles. The first-order chi connectivity index (χ1) is 4.41. The van der Waals surface area contributed by atoms with Gasteiger partial charge in [0.15, 0.2) is 0 Å². The van der Waals surface area contributed by atoms with Crippen LogP contribution < -0.4 is 0 Å². The second-order valence-electron chi connectivity index (χ2n) is 1.80. The Kier molecular flexibility index (Phi) is 8.56. The van der Waals surface area contributed by atoms with E-state index < -0.39 is 0 Å². The van der Waals surface area contributed by atoms with E-state index in [9.17, 15) is 0 Å². The molecule has 0 aromatic heterocycles. The zero-order chi connectivity index (χ0) is 6.95. The fraction of sp³-hybridized carbons (Fsp3) is 0.625. The average Bonchev–Trinajstić information content (AvgIpc) is 1.89. The molecule has 0 amide bonds. The molecule has 0 fully saturated rings. The highest BCUT2D eigenvalue weighted by Crippen LogP contribution is 1.95. The van der Waals surface area contributed by atoms with E-state index in [1.165, 1.54) is 12.8 Å². The van der Waals surface area contributed by atoms with Crippen LogP contribution in [-0.2, 0) is 0 Å². The van der Waals surface area contributed by atoms with Crippen LogP contribution in [0.5, 0.6) is 0 Å². The maximum absolute atomic E-state index is 2.99. The van der Waals surface area contributed by atoms with Crippen LogP contribution in [0.1, 0.15) is 26.2 Å². The lowest BCUT2D eigenvalue weighted by molar-refractivity contribution is 0.798. The van der Waals surface area contributed by atoms with Crippen molar-refractivity contribution in [3.8, 4) is 11.8 Å². The van der Waals surface area contributed by atoms with Crippen molar-refractivity contribution < 1.29 is 0 Å². The molecule has 0 aliphatic rings. The summed E-state index contributed by atoms with van der Waals surface area (Å²) in [7, 11) is 0. The minimum Gasteiger partial charge on any atom is -0.0978 e. The monoisotopic (exact) mass is 235 g/mol. The molecule has 0 aliphatic heterocycles. The molecule has 0 aromatic rings. The van der Waals surface area contributed by atoms with Gasteiger partial charge in [-0.25, -0.2) is 0 Å². The molecule has 0 atom stereocenters. The minimum atomic E-state index is 0.945.